The summed E-state index contributed by atoms with van der Waals surface area (Å²) in [7, 11) is 1.55. The first-order chi connectivity index (χ1) is 14.4. The topological polar surface area (TPSA) is 87.7 Å². The van der Waals surface area contributed by atoms with Crippen molar-refractivity contribution in [3.05, 3.63) is 72.3 Å². The van der Waals surface area contributed by atoms with Gasteiger partial charge in [0.2, 0.25) is 5.91 Å². The number of carbonyl (C=O) groups excluding carboxylic acids is 3. The summed E-state index contributed by atoms with van der Waals surface area (Å²) in [5.74, 6) is -0.287. The van der Waals surface area contributed by atoms with E-state index in [-0.39, 0.29) is 6.54 Å². The van der Waals surface area contributed by atoms with Gasteiger partial charge in [0, 0.05) is 5.69 Å². The van der Waals surface area contributed by atoms with Crippen LogP contribution in [-0.2, 0) is 15.1 Å². The largest absolute Gasteiger partial charge is 0.497 e. The number of anilines is 1. The number of rotatable bonds is 5. The van der Waals surface area contributed by atoms with Crippen molar-refractivity contribution in [3.8, 4) is 5.75 Å². The van der Waals surface area contributed by atoms with Crippen LogP contribution in [0.4, 0.5) is 10.5 Å². The van der Waals surface area contributed by atoms with Crippen molar-refractivity contribution in [2.24, 2.45) is 0 Å². The van der Waals surface area contributed by atoms with Gasteiger partial charge in [-0.05, 0) is 47.5 Å². The maximum absolute atomic E-state index is 13.0. The van der Waals surface area contributed by atoms with Crippen molar-refractivity contribution in [1.82, 2.24) is 10.2 Å². The van der Waals surface area contributed by atoms with Crippen LogP contribution >= 0.6 is 0 Å². The Hall–Kier alpha value is -3.87. The molecule has 1 fully saturated rings. The van der Waals surface area contributed by atoms with Crippen LogP contribution in [0.3, 0.4) is 0 Å². The Morgan fingerprint density at radius 2 is 1.73 bits per heavy atom. The number of hydrogen-bond acceptors (Lipinski definition) is 4. The van der Waals surface area contributed by atoms with Crippen molar-refractivity contribution in [2.45, 2.75) is 12.5 Å². The summed E-state index contributed by atoms with van der Waals surface area (Å²) in [6.07, 6.45) is 0. The Morgan fingerprint density at radius 3 is 2.43 bits per heavy atom. The maximum Gasteiger partial charge on any atom is 0.325 e. The van der Waals surface area contributed by atoms with Crippen molar-refractivity contribution >= 4 is 34.3 Å². The van der Waals surface area contributed by atoms with Crippen LogP contribution in [0.2, 0.25) is 0 Å². The predicted octanol–water partition coefficient (Wildman–Crippen LogP) is 3.25. The fraction of sp³-hybridized carbons (Fsp3) is 0.174. The van der Waals surface area contributed by atoms with E-state index in [9.17, 15) is 14.4 Å². The van der Waals surface area contributed by atoms with E-state index in [2.05, 4.69) is 10.6 Å². The van der Waals surface area contributed by atoms with Gasteiger partial charge < -0.3 is 15.4 Å². The van der Waals surface area contributed by atoms with Gasteiger partial charge in [0.25, 0.3) is 5.91 Å². The summed E-state index contributed by atoms with van der Waals surface area (Å²) in [5.41, 5.74) is -0.0326. The molecule has 1 aliphatic heterocycles. The average molecular weight is 403 g/mol. The van der Waals surface area contributed by atoms with Gasteiger partial charge in [-0.1, -0.05) is 42.5 Å². The number of amides is 4. The molecule has 152 valence electrons. The van der Waals surface area contributed by atoms with Crippen LogP contribution in [0.1, 0.15) is 12.5 Å². The second-order valence-electron chi connectivity index (χ2n) is 7.29. The SMILES string of the molecule is COc1ccc([C@]2(C)NC(=O)N(CC(=O)Nc3ccc4ccccc4c3)C2=O)cc1. The Kier molecular flexibility index (Phi) is 4.87. The van der Waals surface area contributed by atoms with Gasteiger partial charge in [-0.2, -0.15) is 0 Å². The molecule has 3 aromatic carbocycles. The fourth-order valence-electron chi connectivity index (χ4n) is 3.57. The highest BCUT2D eigenvalue weighted by Gasteiger charge is 2.49. The van der Waals surface area contributed by atoms with E-state index >= 15 is 0 Å². The molecule has 1 aliphatic rings. The number of urea groups is 1. The number of nitrogens with zero attached hydrogens (tertiary/aromatic N) is 1. The molecule has 0 bridgehead atoms. The third kappa shape index (κ3) is 3.45. The molecule has 0 unspecified atom stereocenters. The molecule has 4 rings (SSSR count). The molecule has 30 heavy (non-hydrogen) atoms. The predicted molar refractivity (Wildman–Crippen MR) is 113 cm³/mol. The minimum atomic E-state index is -1.24. The Labute approximate surface area is 173 Å². The lowest BCUT2D eigenvalue weighted by Gasteiger charge is -2.22. The van der Waals surface area contributed by atoms with E-state index in [1.54, 1.807) is 44.4 Å². The van der Waals surface area contributed by atoms with Crippen LogP contribution in [0.25, 0.3) is 10.8 Å². The number of nitrogens with one attached hydrogen (secondary N) is 2. The highest BCUT2D eigenvalue weighted by Crippen LogP contribution is 2.30. The molecule has 7 heteroatoms. The second kappa shape index (κ2) is 7.51. The van der Waals surface area contributed by atoms with E-state index in [0.29, 0.717) is 17.0 Å². The number of hydrogen-bond donors (Lipinski definition) is 2. The molecule has 0 spiro atoms. The van der Waals surface area contributed by atoms with Gasteiger partial charge >= 0.3 is 6.03 Å². The van der Waals surface area contributed by atoms with E-state index in [1.165, 1.54) is 0 Å². The molecular weight excluding hydrogens is 382 g/mol. The smallest absolute Gasteiger partial charge is 0.325 e. The second-order valence-corrected chi connectivity index (χ2v) is 7.29. The number of methoxy groups -OCH3 is 1. The lowest BCUT2D eigenvalue weighted by atomic mass is 9.92. The molecular formula is C23H21N3O4. The molecule has 3 aromatic rings. The molecule has 0 aliphatic carbocycles. The minimum Gasteiger partial charge on any atom is -0.497 e. The Morgan fingerprint density at radius 1 is 1.03 bits per heavy atom. The summed E-state index contributed by atoms with van der Waals surface area (Å²) in [6, 6.07) is 19.6. The first kappa shape index (κ1) is 19.4. The first-order valence-electron chi connectivity index (χ1n) is 9.48. The van der Waals surface area contributed by atoms with Gasteiger partial charge in [-0.15, -0.1) is 0 Å². The minimum absolute atomic E-state index is 0.372. The number of fused-ring (bicyclic) bond motifs is 1. The van der Waals surface area contributed by atoms with Crippen molar-refractivity contribution in [3.63, 3.8) is 0 Å². The fourth-order valence-corrected chi connectivity index (χ4v) is 3.57. The van der Waals surface area contributed by atoms with E-state index in [0.717, 1.165) is 15.7 Å². The molecule has 0 aromatic heterocycles. The van der Waals surface area contributed by atoms with E-state index < -0.39 is 23.4 Å². The quantitative estimate of drug-likeness (QED) is 0.640. The van der Waals surface area contributed by atoms with Gasteiger partial charge in [0.1, 0.15) is 17.8 Å². The number of carbonyl (C=O) groups is 3. The lowest BCUT2D eigenvalue weighted by Crippen LogP contribution is -2.42. The van der Waals surface area contributed by atoms with Crippen LogP contribution in [-0.4, -0.2) is 36.4 Å². The van der Waals surface area contributed by atoms with Crippen molar-refractivity contribution in [2.75, 3.05) is 19.0 Å². The molecule has 7 nitrogen and oxygen atoms in total. The van der Waals surface area contributed by atoms with Crippen LogP contribution < -0.4 is 15.4 Å². The summed E-state index contributed by atoms with van der Waals surface area (Å²) in [5, 5.41) is 7.49. The highest BCUT2D eigenvalue weighted by molar-refractivity contribution is 6.10. The lowest BCUT2D eigenvalue weighted by molar-refractivity contribution is -0.133. The van der Waals surface area contributed by atoms with E-state index in [4.69, 9.17) is 4.74 Å². The number of benzene rings is 3. The number of imide groups is 1. The summed E-state index contributed by atoms with van der Waals surface area (Å²) in [4.78, 5) is 38.9. The highest BCUT2D eigenvalue weighted by atomic mass is 16.5. The summed E-state index contributed by atoms with van der Waals surface area (Å²) in [6.45, 7) is 1.25. The molecule has 2 N–H and O–H groups in total. The van der Waals surface area contributed by atoms with Crippen molar-refractivity contribution in [1.29, 1.82) is 0 Å². The van der Waals surface area contributed by atoms with Gasteiger partial charge in [-0.25, -0.2) is 4.79 Å². The van der Waals surface area contributed by atoms with Crippen molar-refractivity contribution < 1.29 is 19.1 Å². The monoisotopic (exact) mass is 403 g/mol. The zero-order valence-corrected chi connectivity index (χ0v) is 16.6. The Bertz CT molecular complexity index is 1140. The molecule has 0 radical (unpaired) electrons. The van der Waals surface area contributed by atoms with Crippen LogP contribution in [0, 0.1) is 0 Å². The van der Waals surface area contributed by atoms with Crippen LogP contribution in [0.5, 0.6) is 5.75 Å². The Balaban J connectivity index is 1.48. The molecule has 4 amide bonds. The maximum atomic E-state index is 13.0. The van der Waals surface area contributed by atoms with Gasteiger partial charge in [0.15, 0.2) is 0 Å². The molecule has 1 atom stereocenters. The normalized spacial score (nSPS) is 18.4. The van der Waals surface area contributed by atoms with Crippen LogP contribution in [0.15, 0.2) is 66.7 Å². The summed E-state index contributed by atoms with van der Waals surface area (Å²) >= 11 is 0. The third-order valence-corrected chi connectivity index (χ3v) is 5.28. The molecule has 1 heterocycles. The van der Waals surface area contributed by atoms with Gasteiger partial charge in [0.05, 0.1) is 7.11 Å². The zero-order chi connectivity index (χ0) is 21.3. The zero-order valence-electron chi connectivity index (χ0n) is 16.6. The van der Waals surface area contributed by atoms with Gasteiger partial charge in [-0.3, -0.25) is 14.5 Å². The van der Waals surface area contributed by atoms with E-state index in [1.807, 2.05) is 36.4 Å². The average Bonchev–Trinajstić information content (AvgIpc) is 2.97. The molecule has 0 saturated carbocycles. The molecule has 1 saturated heterocycles. The summed E-state index contributed by atoms with van der Waals surface area (Å²) < 4.78 is 5.13. The third-order valence-electron chi connectivity index (χ3n) is 5.28. The number of ether oxygens (including phenoxy) is 1. The standard InChI is InChI=1S/C23H21N3O4/c1-23(17-8-11-19(30-2)12-9-17)21(28)26(22(29)25-23)14-20(27)24-18-10-7-15-5-3-4-6-16(15)13-18/h3-13H,14H2,1-2H3,(H,24,27)(H,25,29)/t23-/m0/s1. The first-order valence-corrected chi connectivity index (χ1v) is 9.48.